The van der Waals surface area contributed by atoms with Crippen molar-refractivity contribution < 1.29 is 23.4 Å². The molecule has 3 rings (SSSR count). The molecule has 2 aliphatic rings. The van der Waals surface area contributed by atoms with Crippen molar-refractivity contribution in [1.82, 2.24) is 15.3 Å². The number of aromatic nitrogens is 2. The number of anilines is 1. The summed E-state index contributed by atoms with van der Waals surface area (Å²) < 4.78 is 28.7. The van der Waals surface area contributed by atoms with Crippen molar-refractivity contribution in [2.75, 3.05) is 18.5 Å². The predicted molar refractivity (Wildman–Crippen MR) is 108 cm³/mol. The summed E-state index contributed by atoms with van der Waals surface area (Å²) >= 11 is 0. The van der Waals surface area contributed by atoms with Crippen molar-refractivity contribution >= 4 is 23.9 Å². The quantitative estimate of drug-likeness (QED) is 0.498. The van der Waals surface area contributed by atoms with Crippen LogP contribution in [-0.2, 0) is 4.74 Å². The Kier molecular flexibility index (Phi) is 8.03. The van der Waals surface area contributed by atoms with Crippen molar-refractivity contribution in [2.45, 2.75) is 64.2 Å². The zero-order valence-corrected chi connectivity index (χ0v) is 17.1. The first kappa shape index (κ1) is 22.5. The number of halogens is 2. The molecule has 1 heterocycles. The molecule has 2 aliphatic carbocycles. The zero-order chi connectivity index (χ0) is 21.5. The van der Waals surface area contributed by atoms with E-state index in [9.17, 15) is 18.7 Å². The number of alkyl halides is 2. The van der Waals surface area contributed by atoms with Gasteiger partial charge in [0.25, 0.3) is 5.91 Å². The lowest BCUT2D eigenvalue weighted by molar-refractivity contribution is -0.130. The molecule has 0 unspecified atom stereocenters. The molecular weight excluding hydrogens is 396 g/mol. The predicted octanol–water partition coefficient (Wildman–Crippen LogP) is 2.91. The summed E-state index contributed by atoms with van der Waals surface area (Å²) in [5.74, 6) is 0.876. The molecule has 2 saturated carbocycles. The molecule has 30 heavy (non-hydrogen) atoms. The number of nitrogens with one attached hydrogen (secondary N) is 2. The molecule has 0 radical (unpaired) electrons. The minimum atomic E-state index is -2.85. The molecule has 166 valence electrons. The van der Waals surface area contributed by atoms with E-state index in [1.54, 1.807) is 13.1 Å². The number of aliphatic hydroxyl groups is 1. The average Bonchev–Trinajstić information content (AvgIpc) is 3.55. The molecule has 2 fully saturated rings. The van der Waals surface area contributed by atoms with Crippen LogP contribution in [0.1, 0.15) is 55.8 Å². The van der Waals surface area contributed by atoms with Gasteiger partial charge in [-0.2, -0.15) is 13.8 Å². The number of hydrogen-bond donors (Lipinski definition) is 3. The van der Waals surface area contributed by atoms with Crippen LogP contribution >= 0.6 is 0 Å². The van der Waals surface area contributed by atoms with E-state index in [2.05, 4.69) is 30.3 Å². The van der Waals surface area contributed by atoms with Crippen LogP contribution in [-0.4, -0.2) is 59.1 Å². The van der Waals surface area contributed by atoms with Crippen LogP contribution in [0.5, 0.6) is 0 Å². The Morgan fingerprint density at radius 3 is 2.73 bits per heavy atom. The van der Waals surface area contributed by atoms with E-state index in [1.807, 2.05) is 0 Å². The fourth-order valence-electron chi connectivity index (χ4n) is 3.26. The van der Waals surface area contributed by atoms with E-state index >= 15 is 0 Å². The maximum absolute atomic E-state index is 12.6. The molecule has 0 aromatic carbocycles. The maximum Gasteiger partial charge on any atom is 0.345 e. The zero-order valence-electron chi connectivity index (χ0n) is 17.1. The largest absolute Gasteiger partial charge is 0.393 e. The number of nitrogens with zero attached hydrogens (tertiary/aromatic N) is 3. The van der Waals surface area contributed by atoms with Crippen molar-refractivity contribution in [2.24, 2.45) is 16.8 Å². The van der Waals surface area contributed by atoms with E-state index in [0.29, 0.717) is 12.5 Å². The number of aliphatic imine (C=N–C) groups is 1. The number of aliphatic hydroxyl groups excluding tert-OH is 1. The van der Waals surface area contributed by atoms with Crippen LogP contribution < -0.4 is 10.6 Å². The van der Waals surface area contributed by atoms with E-state index in [1.165, 1.54) is 6.20 Å². The summed E-state index contributed by atoms with van der Waals surface area (Å²) in [4.78, 5) is 25.5. The molecule has 1 aromatic rings. The Bertz CT molecular complexity index is 737. The van der Waals surface area contributed by atoms with Gasteiger partial charge in [0.1, 0.15) is 5.56 Å². The van der Waals surface area contributed by atoms with Gasteiger partial charge >= 0.3 is 6.61 Å². The van der Waals surface area contributed by atoms with Crippen LogP contribution in [0.2, 0.25) is 0 Å². The van der Waals surface area contributed by atoms with Gasteiger partial charge in [-0.05, 0) is 57.3 Å². The van der Waals surface area contributed by atoms with Gasteiger partial charge in [0.15, 0.2) is 5.82 Å². The molecule has 1 amide bonds. The van der Waals surface area contributed by atoms with Crippen LogP contribution in [0.4, 0.5) is 20.5 Å². The van der Waals surface area contributed by atoms with Gasteiger partial charge < -0.3 is 20.5 Å². The maximum atomic E-state index is 12.6. The summed E-state index contributed by atoms with van der Waals surface area (Å²) in [5, 5.41) is 15.4. The lowest BCUT2D eigenvalue weighted by Crippen LogP contribution is -2.27. The average molecular weight is 425 g/mol. The summed E-state index contributed by atoms with van der Waals surface area (Å²) in [6.45, 7) is -0.780. The van der Waals surface area contributed by atoms with Crippen molar-refractivity contribution in [3.8, 4) is 0 Å². The third-order valence-corrected chi connectivity index (χ3v) is 5.26. The number of ether oxygens (including phenoxy) is 1. The first-order chi connectivity index (χ1) is 14.4. The highest BCUT2D eigenvalue weighted by atomic mass is 19.3. The molecule has 0 spiro atoms. The lowest BCUT2D eigenvalue weighted by Gasteiger charge is -2.22. The van der Waals surface area contributed by atoms with Gasteiger partial charge in [-0.15, -0.1) is 0 Å². The SMILES string of the molecule is C[C@@H](COC(F)F)Nc1ncc(C(=O)NCC2CC2)c(/N=C/C2CCC(O)CC2)n1. The summed E-state index contributed by atoms with van der Waals surface area (Å²) in [6.07, 6.45) is 8.26. The van der Waals surface area contributed by atoms with Gasteiger partial charge in [-0.1, -0.05) is 0 Å². The number of hydrogen-bond acceptors (Lipinski definition) is 7. The number of amides is 1. The van der Waals surface area contributed by atoms with E-state index in [-0.39, 0.29) is 41.9 Å². The first-order valence-electron chi connectivity index (χ1n) is 10.4. The molecule has 0 saturated heterocycles. The van der Waals surface area contributed by atoms with Crippen LogP contribution in [0.3, 0.4) is 0 Å². The van der Waals surface area contributed by atoms with E-state index in [4.69, 9.17) is 0 Å². The molecule has 8 nitrogen and oxygen atoms in total. The molecule has 1 aromatic heterocycles. The van der Waals surface area contributed by atoms with Gasteiger partial charge in [0.2, 0.25) is 5.95 Å². The highest BCUT2D eigenvalue weighted by molar-refractivity contribution is 5.98. The minimum Gasteiger partial charge on any atom is -0.393 e. The standard InChI is InChI=1S/C20H29F2N5O3/c1-12(11-30-19(21)22)26-20-25-10-16(18(29)24-9-13-2-3-13)17(27-20)23-8-14-4-6-15(28)7-5-14/h8,10,12-15,19,28H,2-7,9,11H2,1H3,(H,24,29)(H,25,26,27)/b23-8+/t12-,14?,15?/m0/s1. The molecule has 1 atom stereocenters. The first-order valence-corrected chi connectivity index (χ1v) is 10.4. The number of carbonyl (C=O) groups excluding carboxylic acids is 1. The highest BCUT2D eigenvalue weighted by Crippen LogP contribution is 2.28. The fraction of sp³-hybridized carbons (Fsp3) is 0.700. The third-order valence-electron chi connectivity index (χ3n) is 5.26. The third kappa shape index (κ3) is 7.24. The second kappa shape index (κ2) is 10.7. The monoisotopic (exact) mass is 425 g/mol. The molecule has 0 bridgehead atoms. The lowest BCUT2D eigenvalue weighted by atomic mass is 9.88. The Hall–Kier alpha value is -2.20. The normalized spacial score (nSPS) is 23.0. The highest BCUT2D eigenvalue weighted by Gasteiger charge is 2.23. The molecule has 0 aliphatic heterocycles. The molecule has 3 N–H and O–H groups in total. The second-order valence-electron chi connectivity index (χ2n) is 8.07. The smallest absolute Gasteiger partial charge is 0.345 e. The number of carbonyl (C=O) groups is 1. The van der Waals surface area contributed by atoms with Crippen molar-refractivity contribution in [3.05, 3.63) is 11.8 Å². The van der Waals surface area contributed by atoms with Crippen LogP contribution in [0.15, 0.2) is 11.2 Å². The fourth-order valence-corrected chi connectivity index (χ4v) is 3.26. The Balaban J connectivity index is 1.70. The van der Waals surface area contributed by atoms with Crippen molar-refractivity contribution in [1.29, 1.82) is 0 Å². The van der Waals surface area contributed by atoms with E-state index < -0.39 is 12.7 Å². The minimum absolute atomic E-state index is 0.185. The summed E-state index contributed by atoms with van der Waals surface area (Å²) in [6, 6.07) is -0.454. The van der Waals surface area contributed by atoms with Gasteiger partial charge in [0.05, 0.1) is 12.7 Å². The Labute approximate surface area is 174 Å². The van der Waals surface area contributed by atoms with Gasteiger partial charge in [0, 0.05) is 25.0 Å². The molecule has 10 heteroatoms. The Morgan fingerprint density at radius 1 is 1.33 bits per heavy atom. The number of rotatable bonds is 10. The van der Waals surface area contributed by atoms with Gasteiger partial charge in [-0.3, -0.25) is 4.79 Å². The van der Waals surface area contributed by atoms with E-state index in [0.717, 1.165) is 38.5 Å². The van der Waals surface area contributed by atoms with Crippen LogP contribution in [0, 0.1) is 11.8 Å². The topological polar surface area (TPSA) is 109 Å². The van der Waals surface area contributed by atoms with Gasteiger partial charge in [-0.25, -0.2) is 9.98 Å². The second-order valence-corrected chi connectivity index (χ2v) is 8.07. The van der Waals surface area contributed by atoms with Crippen LogP contribution in [0.25, 0.3) is 0 Å². The summed E-state index contributed by atoms with van der Waals surface area (Å²) in [5.41, 5.74) is 0.268. The molecular formula is C20H29F2N5O3. The Morgan fingerprint density at radius 2 is 2.07 bits per heavy atom. The van der Waals surface area contributed by atoms with Crippen molar-refractivity contribution in [3.63, 3.8) is 0 Å². The summed E-state index contributed by atoms with van der Waals surface area (Å²) in [7, 11) is 0.